The van der Waals surface area contributed by atoms with Gasteiger partial charge in [0.15, 0.2) is 5.69 Å². The van der Waals surface area contributed by atoms with Crippen LogP contribution in [0.1, 0.15) is 27.3 Å². The van der Waals surface area contributed by atoms with Crippen LogP contribution in [0.3, 0.4) is 0 Å². The zero-order valence-corrected chi connectivity index (χ0v) is 15.6. The van der Waals surface area contributed by atoms with Gasteiger partial charge in [-0.25, -0.2) is 0 Å². The first-order valence-electron chi connectivity index (χ1n) is 9.59. The molecule has 0 atom stereocenters. The molecule has 0 radical (unpaired) electrons. The molecule has 0 spiro atoms. The summed E-state index contributed by atoms with van der Waals surface area (Å²) >= 11 is 0. The van der Waals surface area contributed by atoms with Gasteiger partial charge in [0.25, 0.3) is 5.91 Å². The quantitative estimate of drug-likeness (QED) is 0.759. The van der Waals surface area contributed by atoms with Gasteiger partial charge in [0.2, 0.25) is 0 Å². The average molecular weight is 366 g/mol. The molecule has 1 amide bonds. The van der Waals surface area contributed by atoms with Crippen molar-refractivity contribution >= 4 is 5.91 Å². The maximum Gasteiger partial charge on any atom is 0.274 e. The van der Waals surface area contributed by atoms with Gasteiger partial charge in [-0.2, -0.15) is 5.10 Å². The molecule has 6 nitrogen and oxygen atoms in total. The molecule has 1 aromatic carbocycles. The summed E-state index contributed by atoms with van der Waals surface area (Å²) in [6.45, 7) is 9.55. The second-order valence-electron chi connectivity index (χ2n) is 7.10. The molecular weight excluding hydrogens is 340 g/mol. The number of carbonyl (C=O) groups excluding carboxylic acids is 1. The third-order valence-electron chi connectivity index (χ3n) is 5.28. The highest BCUT2D eigenvalue weighted by Gasteiger charge is 2.30. The summed E-state index contributed by atoms with van der Waals surface area (Å²) in [5.41, 5.74) is 4.07. The lowest BCUT2D eigenvalue weighted by atomic mass is 10.0. The monoisotopic (exact) mass is 366 g/mol. The molecule has 2 aliphatic heterocycles. The van der Waals surface area contributed by atoms with E-state index >= 15 is 0 Å². The van der Waals surface area contributed by atoms with Crippen molar-refractivity contribution in [2.75, 3.05) is 39.4 Å². The Hall–Kier alpha value is -2.44. The summed E-state index contributed by atoms with van der Waals surface area (Å²) in [5, 5.41) is 4.79. The number of aromatic nitrogens is 2. The van der Waals surface area contributed by atoms with E-state index in [1.54, 1.807) is 0 Å². The second kappa shape index (κ2) is 8.06. The lowest BCUT2D eigenvalue weighted by Gasteiger charge is -2.28. The number of rotatable bonds is 5. The molecule has 1 aromatic heterocycles. The summed E-state index contributed by atoms with van der Waals surface area (Å²) in [4.78, 5) is 17.3. The van der Waals surface area contributed by atoms with Crippen molar-refractivity contribution in [1.82, 2.24) is 19.6 Å². The number of ether oxygens (including phenoxy) is 1. The molecule has 6 heteroatoms. The zero-order chi connectivity index (χ0) is 18.6. The van der Waals surface area contributed by atoms with Crippen LogP contribution in [0, 0.1) is 0 Å². The van der Waals surface area contributed by atoms with E-state index in [9.17, 15) is 4.79 Å². The van der Waals surface area contributed by atoms with Crippen molar-refractivity contribution in [3.05, 3.63) is 65.5 Å². The fraction of sp³-hybridized carbons (Fsp3) is 0.429. The van der Waals surface area contributed by atoms with Crippen molar-refractivity contribution in [1.29, 1.82) is 0 Å². The van der Waals surface area contributed by atoms with Crippen LogP contribution in [-0.4, -0.2) is 64.9 Å². The van der Waals surface area contributed by atoms with Gasteiger partial charge in [0.1, 0.15) is 0 Å². The summed E-state index contributed by atoms with van der Waals surface area (Å²) < 4.78 is 7.42. The van der Waals surface area contributed by atoms with Crippen molar-refractivity contribution in [3.63, 3.8) is 0 Å². The predicted octanol–water partition coefficient (Wildman–Crippen LogP) is 1.95. The number of nitrogens with zero attached hydrogens (tertiary/aromatic N) is 4. The molecule has 27 heavy (non-hydrogen) atoms. The molecule has 0 unspecified atom stereocenters. The second-order valence-corrected chi connectivity index (χ2v) is 7.10. The summed E-state index contributed by atoms with van der Waals surface area (Å²) in [6, 6.07) is 10.3. The van der Waals surface area contributed by atoms with E-state index in [4.69, 9.17) is 9.84 Å². The number of morpholine rings is 1. The molecule has 0 aliphatic carbocycles. The van der Waals surface area contributed by atoms with Crippen LogP contribution in [0.5, 0.6) is 0 Å². The Morgan fingerprint density at radius 1 is 1.19 bits per heavy atom. The van der Waals surface area contributed by atoms with Gasteiger partial charge in [0.05, 0.1) is 19.8 Å². The molecule has 1 saturated heterocycles. The van der Waals surface area contributed by atoms with Gasteiger partial charge in [0, 0.05) is 50.4 Å². The minimum Gasteiger partial charge on any atom is -0.378 e. The van der Waals surface area contributed by atoms with Gasteiger partial charge in [-0.3, -0.25) is 14.4 Å². The number of fused-ring (bicyclic) bond motifs is 1. The van der Waals surface area contributed by atoms with Crippen molar-refractivity contribution in [3.8, 4) is 0 Å². The minimum absolute atomic E-state index is 0.0295. The Morgan fingerprint density at radius 3 is 2.70 bits per heavy atom. The molecule has 1 fully saturated rings. The summed E-state index contributed by atoms with van der Waals surface area (Å²) in [7, 11) is 0. The fourth-order valence-corrected chi connectivity index (χ4v) is 3.86. The number of hydrogen-bond acceptors (Lipinski definition) is 4. The molecule has 2 aliphatic rings. The molecule has 4 rings (SSSR count). The Labute approximate surface area is 160 Å². The molecule has 0 bridgehead atoms. The van der Waals surface area contributed by atoms with Crippen LogP contribution >= 0.6 is 0 Å². The first kappa shape index (κ1) is 17.9. The van der Waals surface area contributed by atoms with Crippen LogP contribution in [0.15, 0.2) is 43.0 Å². The first-order valence-corrected chi connectivity index (χ1v) is 9.59. The van der Waals surface area contributed by atoms with E-state index < -0.39 is 0 Å². The lowest BCUT2D eigenvalue weighted by Crippen LogP contribution is -2.41. The Kier molecular flexibility index (Phi) is 5.36. The van der Waals surface area contributed by atoms with Crippen LogP contribution in [0.2, 0.25) is 0 Å². The Bertz CT molecular complexity index is 809. The number of amides is 1. The molecule has 142 valence electrons. The highest BCUT2D eigenvalue weighted by atomic mass is 16.5. The van der Waals surface area contributed by atoms with Crippen LogP contribution in [-0.2, 0) is 24.2 Å². The third-order valence-corrected chi connectivity index (χ3v) is 5.28. The van der Waals surface area contributed by atoms with E-state index in [0.717, 1.165) is 31.6 Å². The Balaban J connectivity index is 1.66. The smallest absolute Gasteiger partial charge is 0.274 e. The molecule has 0 N–H and O–H groups in total. The Morgan fingerprint density at radius 2 is 1.96 bits per heavy atom. The first-order chi connectivity index (χ1) is 13.3. The van der Waals surface area contributed by atoms with Gasteiger partial charge >= 0.3 is 0 Å². The number of carbonyl (C=O) groups is 1. The molecular formula is C21H26N4O2. The SMILES string of the molecule is C=CCN1CCc2c(c(C(=O)N3CCOCC3)nn2Cc2ccccc2)C1. The standard InChI is InChI=1S/C21H26N4O2/c1-2-9-23-10-8-19-18(16-23)20(21(26)24-11-13-27-14-12-24)22-25(19)15-17-6-4-3-5-7-17/h2-7H,1,8-16H2. The third kappa shape index (κ3) is 3.82. The van der Waals surface area contributed by atoms with Gasteiger partial charge in [-0.15, -0.1) is 6.58 Å². The number of benzene rings is 1. The zero-order valence-electron chi connectivity index (χ0n) is 15.6. The van der Waals surface area contributed by atoms with E-state index in [-0.39, 0.29) is 5.91 Å². The maximum atomic E-state index is 13.2. The van der Waals surface area contributed by atoms with E-state index in [0.29, 0.717) is 38.5 Å². The molecule has 3 heterocycles. The van der Waals surface area contributed by atoms with Gasteiger partial charge in [-0.05, 0) is 5.56 Å². The van der Waals surface area contributed by atoms with Gasteiger partial charge < -0.3 is 9.64 Å². The highest BCUT2D eigenvalue weighted by molar-refractivity contribution is 5.94. The minimum atomic E-state index is 0.0295. The van der Waals surface area contributed by atoms with Crippen molar-refractivity contribution in [2.24, 2.45) is 0 Å². The largest absolute Gasteiger partial charge is 0.378 e. The van der Waals surface area contributed by atoms with Crippen LogP contribution in [0.25, 0.3) is 0 Å². The predicted molar refractivity (Wildman–Crippen MR) is 104 cm³/mol. The van der Waals surface area contributed by atoms with Crippen molar-refractivity contribution < 1.29 is 9.53 Å². The summed E-state index contributed by atoms with van der Waals surface area (Å²) in [6.07, 6.45) is 2.82. The van der Waals surface area contributed by atoms with E-state index in [1.165, 1.54) is 11.3 Å². The van der Waals surface area contributed by atoms with E-state index in [2.05, 4.69) is 23.6 Å². The van der Waals surface area contributed by atoms with Gasteiger partial charge in [-0.1, -0.05) is 36.4 Å². The molecule has 2 aromatic rings. The maximum absolute atomic E-state index is 13.2. The van der Waals surface area contributed by atoms with Crippen LogP contribution in [0.4, 0.5) is 0 Å². The fourth-order valence-electron chi connectivity index (χ4n) is 3.86. The molecule has 0 saturated carbocycles. The summed E-state index contributed by atoms with van der Waals surface area (Å²) in [5.74, 6) is 0.0295. The normalized spacial score (nSPS) is 17.6. The van der Waals surface area contributed by atoms with Crippen LogP contribution < -0.4 is 0 Å². The number of hydrogen-bond donors (Lipinski definition) is 0. The van der Waals surface area contributed by atoms with Crippen molar-refractivity contribution in [2.45, 2.75) is 19.5 Å². The van der Waals surface area contributed by atoms with E-state index in [1.807, 2.05) is 33.9 Å². The average Bonchev–Trinajstić information content (AvgIpc) is 3.07. The lowest BCUT2D eigenvalue weighted by molar-refractivity contribution is 0.0297. The topological polar surface area (TPSA) is 50.6 Å². The highest BCUT2D eigenvalue weighted by Crippen LogP contribution is 2.25.